The Balaban J connectivity index is 2.24. The average molecular weight is 232 g/mol. The zero-order valence-electron chi connectivity index (χ0n) is 8.46. The largest absolute Gasteiger partial charge is 0.344 e. The Hall–Kier alpha value is -0.460. The van der Waals surface area contributed by atoms with Crippen LogP contribution in [0.15, 0.2) is 0 Å². The third-order valence-electron chi connectivity index (χ3n) is 1.89. The molecule has 4 nitrogen and oxygen atoms in total. The lowest BCUT2D eigenvalue weighted by Gasteiger charge is -2.31. The summed E-state index contributed by atoms with van der Waals surface area (Å²) in [6.45, 7) is 5.94. The Morgan fingerprint density at radius 2 is 2.21 bits per heavy atom. The summed E-state index contributed by atoms with van der Waals surface area (Å²) in [5.41, 5.74) is 3.23. The van der Waals surface area contributed by atoms with E-state index >= 15 is 0 Å². The third kappa shape index (κ3) is 3.73. The molecule has 1 fully saturated rings. The van der Waals surface area contributed by atoms with Gasteiger partial charge in [0, 0.05) is 6.54 Å². The minimum atomic E-state index is 0.594. The number of rotatable bonds is 4. The number of hydrogen-bond donors (Lipinski definition) is 3. The van der Waals surface area contributed by atoms with Crippen molar-refractivity contribution in [3.05, 3.63) is 0 Å². The Morgan fingerprint density at radius 1 is 1.50 bits per heavy atom. The van der Waals surface area contributed by atoms with Crippen molar-refractivity contribution >= 4 is 34.7 Å². The first kappa shape index (κ1) is 11.6. The molecule has 0 radical (unpaired) electrons. The maximum absolute atomic E-state index is 5.11. The molecule has 0 amide bonds. The fourth-order valence-electron chi connectivity index (χ4n) is 1.05. The second-order valence-corrected chi connectivity index (χ2v) is 4.41. The van der Waals surface area contributed by atoms with E-state index in [0.29, 0.717) is 22.8 Å². The molecule has 0 spiro atoms. The molecule has 1 aliphatic heterocycles. The predicted molar refractivity (Wildman–Crippen MR) is 65.6 cm³/mol. The summed E-state index contributed by atoms with van der Waals surface area (Å²) in [7, 11) is 0. The minimum Gasteiger partial charge on any atom is -0.344 e. The van der Waals surface area contributed by atoms with Crippen molar-refractivity contribution in [3.8, 4) is 0 Å². The summed E-state index contributed by atoms with van der Waals surface area (Å²) in [6, 6.07) is 0. The number of nitrogens with one attached hydrogen (secondary N) is 3. The zero-order chi connectivity index (χ0) is 10.6. The quantitative estimate of drug-likeness (QED) is 0.615. The number of hydrogen-bond acceptors (Lipinski definition) is 3. The summed E-state index contributed by atoms with van der Waals surface area (Å²) in [5, 5.41) is 8.97. The zero-order valence-corrected chi connectivity index (χ0v) is 10.1. The second kappa shape index (κ2) is 5.43. The van der Waals surface area contributed by atoms with Crippen molar-refractivity contribution in [1.82, 2.24) is 21.1 Å². The Kier molecular flexibility index (Phi) is 4.50. The Morgan fingerprint density at radius 3 is 2.79 bits per heavy atom. The molecule has 0 saturated carbocycles. The molecule has 1 rings (SSSR count). The van der Waals surface area contributed by atoms with Crippen molar-refractivity contribution in [2.75, 3.05) is 13.2 Å². The van der Waals surface area contributed by atoms with Crippen LogP contribution in [0.2, 0.25) is 0 Å². The molecule has 80 valence electrons. The molecule has 1 heterocycles. The van der Waals surface area contributed by atoms with Crippen molar-refractivity contribution in [2.24, 2.45) is 5.92 Å². The summed E-state index contributed by atoms with van der Waals surface area (Å²) in [5.74, 6) is 0.697. The normalized spacial score (nSPS) is 16.9. The summed E-state index contributed by atoms with van der Waals surface area (Å²) < 4.78 is 0. The van der Waals surface area contributed by atoms with Crippen LogP contribution in [0.3, 0.4) is 0 Å². The fraction of sp³-hybridized carbons (Fsp3) is 0.750. The first-order valence-corrected chi connectivity index (χ1v) is 5.51. The van der Waals surface area contributed by atoms with Crippen LogP contribution in [0.25, 0.3) is 0 Å². The molecule has 1 saturated heterocycles. The van der Waals surface area contributed by atoms with Crippen LogP contribution in [0, 0.1) is 5.92 Å². The molecule has 0 bridgehead atoms. The van der Waals surface area contributed by atoms with Crippen molar-refractivity contribution < 1.29 is 0 Å². The average Bonchev–Trinajstić information content (AvgIpc) is 2.08. The Bertz CT molecular complexity index is 229. The van der Waals surface area contributed by atoms with Gasteiger partial charge in [-0.3, -0.25) is 5.01 Å². The first-order valence-electron chi connectivity index (χ1n) is 4.69. The smallest absolute Gasteiger partial charge is 0.191 e. The van der Waals surface area contributed by atoms with E-state index in [1.807, 2.05) is 5.01 Å². The maximum Gasteiger partial charge on any atom is 0.191 e. The van der Waals surface area contributed by atoms with Gasteiger partial charge in [-0.15, -0.1) is 0 Å². The van der Waals surface area contributed by atoms with Gasteiger partial charge in [0.1, 0.15) is 6.67 Å². The number of hydrazine groups is 1. The van der Waals surface area contributed by atoms with E-state index in [0.717, 1.165) is 13.0 Å². The van der Waals surface area contributed by atoms with Crippen LogP contribution in [0.4, 0.5) is 0 Å². The van der Waals surface area contributed by atoms with Crippen molar-refractivity contribution in [3.63, 3.8) is 0 Å². The van der Waals surface area contributed by atoms with Gasteiger partial charge in [-0.05, 0) is 36.8 Å². The highest BCUT2D eigenvalue weighted by atomic mass is 32.1. The van der Waals surface area contributed by atoms with E-state index in [-0.39, 0.29) is 0 Å². The second-order valence-electron chi connectivity index (χ2n) is 3.61. The fourth-order valence-corrected chi connectivity index (χ4v) is 1.50. The molecule has 14 heavy (non-hydrogen) atoms. The molecule has 0 aromatic heterocycles. The van der Waals surface area contributed by atoms with E-state index in [1.165, 1.54) is 0 Å². The van der Waals surface area contributed by atoms with Crippen molar-refractivity contribution in [1.29, 1.82) is 0 Å². The van der Waals surface area contributed by atoms with E-state index in [2.05, 4.69) is 29.9 Å². The van der Waals surface area contributed by atoms with Crippen LogP contribution >= 0.6 is 24.4 Å². The van der Waals surface area contributed by atoms with Gasteiger partial charge in [-0.25, -0.2) is 5.43 Å². The summed E-state index contributed by atoms with van der Waals surface area (Å²) in [4.78, 5) is 0. The topological polar surface area (TPSA) is 39.3 Å². The van der Waals surface area contributed by atoms with Crippen LogP contribution in [0.5, 0.6) is 0 Å². The first-order chi connectivity index (χ1) is 6.59. The highest BCUT2D eigenvalue weighted by molar-refractivity contribution is 7.81. The molecule has 6 heteroatoms. The molecular weight excluding hydrogens is 216 g/mol. The third-order valence-corrected chi connectivity index (χ3v) is 2.46. The van der Waals surface area contributed by atoms with Gasteiger partial charge in [-0.1, -0.05) is 13.8 Å². The summed E-state index contributed by atoms with van der Waals surface area (Å²) in [6.07, 6.45) is 1.13. The molecular formula is C8H16N4S2. The number of thiocarbonyl (C=S) groups is 2. The lowest BCUT2D eigenvalue weighted by molar-refractivity contribution is 0.282. The molecule has 0 unspecified atom stereocenters. The number of nitrogens with zero attached hydrogens (tertiary/aromatic N) is 1. The van der Waals surface area contributed by atoms with Gasteiger partial charge in [0.15, 0.2) is 10.2 Å². The van der Waals surface area contributed by atoms with Gasteiger partial charge in [-0.2, -0.15) is 0 Å². The lowest BCUT2D eigenvalue weighted by Crippen LogP contribution is -2.61. The monoisotopic (exact) mass is 232 g/mol. The molecule has 0 aromatic carbocycles. The standard InChI is InChI=1S/C8H16N4S2/c1-6(2)3-4-10-12-5-9-7(13)11-8(12)14/h6,10H,3-5H2,1-2H3,(H2,9,11,13,14). The minimum absolute atomic E-state index is 0.594. The lowest BCUT2D eigenvalue weighted by atomic mass is 10.1. The molecule has 0 aromatic rings. The van der Waals surface area contributed by atoms with Gasteiger partial charge in [0.2, 0.25) is 0 Å². The highest BCUT2D eigenvalue weighted by Crippen LogP contribution is 1.97. The van der Waals surface area contributed by atoms with Crippen LogP contribution in [-0.2, 0) is 0 Å². The predicted octanol–water partition coefficient (Wildman–Crippen LogP) is 0.559. The van der Waals surface area contributed by atoms with Crippen LogP contribution in [0.1, 0.15) is 20.3 Å². The molecule has 1 aliphatic rings. The van der Waals surface area contributed by atoms with E-state index in [9.17, 15) is 0 Å². The van der Waals surface area contributed by atoms with Crippen LogP contribution in [-0.4, -0.2) is 28.4 Å². The molecule has 3 N–H and O–H groups in total. The SMILES string of the molecule is CC(C)CCNN1CNC(=S)NC1=S. The molecule has 0 aliphatic carbocycles. The van der Waals surface area contributed by atoms with Gasteiger partial charge in [0.25, 0.3) is 0 Å². The van der Waals surface area contributed by atoms with Gasteiger partial charge in [0.05, 0.1) is 0 Å². The van der Waals surface area contributed by atoms with E-state index in [1.54, 1.807) is 0 Å². The van der Waals surface area contributed by atoms with Gasteiger partial charge >= 0.3 is 0 Å². The van der Waals surface area contributed by atoms with Gasteiger partial charge < -0.3 is 10.6 Å². The molecule has 0 atom stereocenters. The van der Waals surface area contributed by atoms with E-state index < -0.39 is 0 Å². The maximum atomic E-state index is 5.11. The summed E-state index contributed by atoms with van der Waals surface area (Å²) >= 11 is 10.0. The van der Waals surface area contributed by atoms with Crippen LogP contribution < -0.4 is 16.1 Å². The Labute approximate surface area is 95.4 Å². The highest BCUT2D eigenvalue weighted by Gasteiger charge is 2.15. The van der Waals surface area contributed by atoms with Crippen molar-refractivity contribution in [2.45, 2.75) is 20.3 Å². The van der Waals surface area contributed by atoms with E-state index in [4.69, 9.17) is 24.4 Å².